The molecule has 0 amide bonds. The summed E-state index contributed by atoms with van der Waals surface area (Å²) in [6, 6.07) is 13.7. The maximum Gasteiger partial charge on any atom is 0.310 e. The normalized spacial score (nSPS) is 12.3. The molecule has 3 rings (SSSR count). The van der Waals surface area contributed by atoms with Crippen LogP contribution in [-0.2, 0) is 4.79 Å². The highest BCUT2D eigenvalue weighted by Crippen LogP contribution is 2.30. The summed E-state index contributed by atoms with van der Waals surface area (Å²) in [6.45, 7) is 1.54. The first-order valence-corrected chi connectivity index (χ1v) is 7.40. The van der Waals surface area contributed by atoms with E-state index in [-0.39, 0.29) is 21.4 Å². The molecule has 0 saturated carbocycles. The molecule has 2 aromatic carbocycles. The average Bonchev–Trinajstić information content (AvgIpc) is 2.55. The van der Waals surface area contributed by atoms with Gasteiger partial charge in [0.25, 0.3) is 0 Å². The largest absolute Gasteiger partial charge is 0.481 e. The fourth-order valence-electron chi connectivity index (χ4n) is 2.37. The molecule has 116 valence electrons. The predicted octanol–water partition coefficient (Wildman–Crippen LogP) is 4.30. The minimum Gasteiger partial charge on any atom is -0.481 e. The maximum absolute atomic E-state index is 12.4. The van der Waals surface area contributed by atoms with Crippen molar-refractivity contribution in [3.63, 3.8) is 0 Å². The Kier molecular flexibility index (Phi) is 3.92. The van der Waals surface area contributed by atoms with Crippen LogP contribution in [0.25, 0.3) is 22.3 Å². The summed E-state index contributed by atoms with van der Waals surface area (Å²) in [6.07, 6.45) is 0. The maximum atomic E-state index is 12.4. The first-order valence-electron chi connectivity index (χ1n) is 7.03. The van der Waals surface area contributed by atoms with E-state index in [1.807, 2.05) is 30.3 Å². The molecule has 1 N–H and O–H groups in total. The van der Waals surface area contributed by atoms with Gasteiger partial charge in [0.1, 0.15) is 5.76 Å². The molecule has 1 atom stereocenters. The highest BCUT2D eigenvalue weighted by Gasteiger charge is 2.18. The number of hydrogen-bond acceptors (Lipinski definition) is 3. The fraction of sp³-hybridized carbons (Fsp3) is 0.111. The molecule has 23 heavy (non-hydrogen) atoms. The number of halogens is 1. The van der Waals surface area contributed by atoms with Gasteiger partial charge >= 0.3 is 5.97 Å². The first kappa shape index (κ1) is 15.3. The summed E-state index contributed by atoms with van der Waals surface area (Å²) in [7, 11) is 0. The second-order valence-corrected chi connectivity index (χ2v) is 5.69. The number of benzene rings is 2. The quantitative estimate of drug-likeness (QED) is 0.778. The number of carboxylic acids is 1. The minimum absolute atomic E-state index is 0.223. The second kappa shape index (κ2) is 5.89. The van der Waals surface area contributed by atoms with Crippen LogP contribution in [-0.4, -0.2) is 11.1 Å². The Balaban J connectivity index is 2.23. The van der Waals surface area contributed by atoms with E-state index in [4.69, 9.17) is 21.1 Å². The highest BCUT2D eigenvalue weighted by molar-refractivity contribution is 6.34. The van der Waals surface area contributed by atoms with E-state index in [1.165, 1.54) is 18.2 Å². The van der Waals surface area contributed by atoms with Crippen LogP contribution >= 0.6 is 11.6 Å². The van der Waals surface area contributed by atoms with Crippen LogP contribution in [0.2, 0.25) is 5.02 Å². The lowest BCUT2D eigenvalue weighted by molar-refractivity contribution is -0.138. The van der Waals surface area contributed by atoms with E-state index in [2.05, 4.69) is 0 Å². The van der Waals surface area contributed by atoms with Gasteiger partial charge < -0.3 is 9.52 Å². The van der Waals surface area contributed by atoms with Gasteiger partial charge in [-0.3, -0.25) is 9.59 Å². The minimum atomic E-state index is -0.981. The summed E-state index contributed by atoms with van der Waals surface area (Å²) in [5.74, 6) is -1.32. The zero-order chi connectivity index (χ0) is 16.6. The van der Waals surface area contributed by atoms with Gasteiger partial charge in [0, 0.05) is 11.6 Å². The molecule has 0 fully saturated rings. The fourth-order valence-corrected chi connectivity index (χ4v) is 2.64. The molecular weight excluding hydrogens is 316 g/mol. The van der Waals surface area contributed by atoms with E-state index in [9.17, 15) is 9.59 Å². The third-order valence-corrected chi connectivity index (χ3v) is 4.02. The van der Waals surface area contributed by atoms with Crippen molar-refractivity contribution < 1.29 is 14.3 Å². The van der Waals surface area contributed by atoms with Gasteiger partial charge in [0.05, 0.1) is 16.3 Å². The van der Waals surface area contributed by atoms with Gasteiger partial charge in [-0.25, -0.2) is 0 Å². The van der Waals surface area contributed by atoms with Gasteiger partial charge in [-0.15, -0.1) is 0 Å². The lowest BCUT2D eigenvalue weighted by Crippen LogP contribution is -2.09. The van der Waals surface area contributed by atoms with Crippen LogP contribution in [0.4, 0.5) is 0 Å². The molecule has 0 bridgehead atoms. The predicted molar refractivity (Wildman–Crippen MR) is 89.0 cm³/mol. The Morgan fingerprint density at radius 3 is 2.52 bits per heavy atom. The van der Waals surface area contributed by atoms with Crippen LogP contribution in [0, 0.1) is 0 Å². The number of hydrogen-bond donors (Lipinski definition) is 1. The third-order valence-electron chi connectivity index (χ3n) is 3.73. The monoisotopic (exact) mass is 328 g/mol. The van der Waals surface area contributed by atoms with Gasteiger partial charge in [0.15, 0.2) is 11.0 Å². The van der Waals surface area contributed by atoms with E-state index in [0.29, 0.717) is 11.3 Å². The topological polar surface area (TPSA) is 67.5 Å². The Bertz CT molecular complexity index is 944. The van der Waals surface area contributed by atoms with Crippen molar-refractivity contribution in [2.24, 2.45) is 0 Å². The Hall–Kier alpha value is -2.59. The number of rotatable bonds is 3. The van der Waals surface area contributed by atoms with Crippen LogP contribution in [0.5, 0.6) is 0 Å². The van der Waals surface area contributed by atoms with E-state index in [1.54, 1.807) is 6.92 Å². The van der Waals surface area contributed by atoms with E-state index >= 15 is 0 Å². The van der Waals surface area contributed by atoms with Crippen molar-refractivity contribution in [2.45, 2.75) is 12.8 Å². The molecule has 0 unspecified atom stereocenters. The Morgan fingerprint density at radius 1 is 1.17 bits per heavy atom. The van der Waals surface area contributed by atoms with Gasteiger partial charge in [-0.2, -0.15) is 0 Å². The van der Waals surface area contributed by atoms with Crippen LogP contribution in [0.15, 0.2) is 57.7 Å². The van der Waals surface area contributed by atoms with Gasteiger partial charge in [-0.1, -0.05) is 41.9 Å². The van der Waals surface area contributed by atoms with Crippen molar-refractivity contribution in [1.29, 1.82) is 0 Å². The molecule has 5 heteroatoms. The van der Waals surface area contributed by atoms with Crippen molar-refractivity contribution in [1.82, 2.24) is 0 Å². The van der Waals surface area contributed by atoms with Crippen molar-refractivity contribution in [3.05, 3.63) is 69.3 Å². The summed E-state index contributed by atoms with van der Waals surface area (Å²) in [5.41, 5.74) is 1.24. The van der Waals surface area contributed by atoms with Crippen LogP contribution in [0.1, 0.15) is 18.4 Å². The zero-order valence-electron chi connectivity index (χ0n) is 12.2. The molecule has 0 aliphatic heterocycles. The van der Waals surface area contributed by atoms with Crippen molar-refractivity contribution in [2.75, 3.05) is 0 Å². The molecule has 4 nitrogen and oxygen atoms in total. The highest BCUT2D eigenvalue weighted by atomic mass is 35.5. The molecule has 0 saturated heterocycles. The SMILES string of the molecule is C[C@H](C(=O)O)c1cc(Cl)c2oc(-c3ccccc3)cc(=O)c2c1. The standard InChI is InChI=1S/C18H13ClO4/c1-10(18(21)22)12-7-13-15(20)9-16(11-5-3-2-4-6-11)23-17(13)14(19)8-12/h2-10H,1H3,(H,21,22)/t10-/m0/s1. The molecule has 3 aromatic rings. The lowest BCUT2D eigenvalue weighted by atomic mass is 9.99. The van der Waals surface area contributed by atoms with Crippen molar-refractivity contribution >= 4 is 28.5 Å². The van der Waals surface area contributed by atoms with Crippen molar-refractivity contribution in [3.8, 4) is 11.3 Å². The van der Waals surface area contributed by atoms with Gasteiger partial charge in [-0.05, 0) is 24.6 Å². The molecule has 0 radical (unpaired) electrons. The summed E-state index contributed by atoms with van der Waals surface area (Å²) >= 11 is 6.22. The van der Waals surface area contributed by atoms with Crippen LogP contribution < -0.4 is 5.43 Å². The number of carboxylic acid groups (broad SMARTS) is 1. The molecule has 1 aromatic heterocycles. The Labute approximate surface area is 136 Å². The molecule has 1 heterocycles. The Morgan fingerprint density at radius 2 is 1.87 bits per heavy atom. The number of fused-ring (bicyclic) bond motifs is 1. The molecular formula is C18H13ClO4. The molecule has 0 aliphatic rings. The summed E-state index contributed by atoms with van der Waals surface area (Å²) in [5, 5.41) is 9.62. The summed E-state index contributed by atoms with van der Waals surface area (Å²) in [4.78, 5) is 23.5. The number of carbonyl (C=O) groups is 1. The lowest BCUT2D eigenvalue weighted by Gasteiger charge is -2.10. The van der Waals surface area contributed by atoms with Gasteiger partial charge in [0.2, 0.25) is 0 Å². The third kappa shape index (κ3) is 2.85. The zero-order valence-corrected chi connectivity index (χ0v) is 13.0. The van der Waals surface area contributed by atoms with Crippen LogP contribution in [0.3, 0.4) is 0 Å². The summed E-state index contributed by atoms with van der Waals surface area (Å²) < 4.78 is 5.78. The molecule has 0 spiro atoms. The molecule has 0 aliphatic carbocycles. The number of aliphatic carboxylic acids is 1. The second-order valence-electron chi connectivity index (χ2n) is 5.28. The van der Waals surface area contributed by atoms with E-state index < -0.39 is 11.9 Å². The smallest absolute Gasteiger partial charge is 0.310 e. The average molecular weight is 329 g/mol. The first-order chi connectivity index (χ1) is 11.0. The van der Waals surface area contributed by atoms with E-state index in [0.717, 1.165) is 5.56 Å².